The summed E-state index contributed by atoms with van der Waals surface area (Å²) in [5.74, 6) is 2.56. The van der Waals surface area contributed by atoms with Crippen LogP contribution < -0.4 is 9.47 Å². The second-order valence-electron chi connectivity index (χ2n) is 7.49. The molecule has 0 bridgehead atoms. The van der Waals surface area contributed by atoms with E-state index in [-0.39, 0.29) is 11.7 Å². The molecule has 4 unspecified atom stereocenters. The number of aliphatic hydroxyl groups excluding tert-OH is 1. The van der Waals surface area contributed by atoms with Crippen molar-refractivity contribution in [1.82, 2.24) is 0 Å². The molecule has 21 heavy (non-hydrogen) atoms. The largest absolute Gasteiger partial charge is 0.484 e. The van der Waals surface area contributed by atoms with E-state index in [4.69, 9.17) is 9.47 Å². The fraction of sp³-hybridized carbons (Fsp3) is 0.667. The van der Waals surface area contributed by atoms with E-state index < -0.39 is 6.10 Å². The van der Waals surface area contributed by atoms with Crippen molar-refractivity contribution in [2.45, 2.75) is 64.8 Å². The minimum Gasteiger partial charge on any atom is -0.484 e. The molecule has 3 rings (SSSR count). The van der Waals surface area contributed by atoms with E-state index in [2.05, 4.69) is 33.8 Å². The van der Waals surface area contributed by atoms with Gasteiger partial charge in [0, 0.05) is 12.0 Å². The van der Waals surface area contributed by atoms with E-state index in [0.717, 1.165) is 30.8 Å². The predicted molar refractivity (Wildman–Crippen MR) is 82.8 cm³/mol. The zero-order chi connectivity index (χ0) is 15.2. The number of fused-ring (bicyclic) bond motifs is 1. The minimum atomic E-state index is -0.394. The van der Waals surface area contributed by atoms with E-state index in [9.17, 15) is 5.11 Å². The summed E-state index contributed by atoms with van der Waals surface area (Å²) in [6.45, 7) is 8.55. The first-order chi connectivity index (χ1) is 9.85. The Balaban J connectivity index is 1.82. The van der Waals surface area contributed by atoms with Crippen molar-refractivity contribution < 1.29 is 14.6 Å². The minimum absolute atomic E-state index is 0.139. The average molecular weight is 290 g/mol. The molecule has 1 aromatic rings. The second kappa shape index (κ2) is 5.20. The van der Waals surface area contributed by atoms with Crippen LogP contribution in [0.2, 0.25) is 0 Å². The molecule has 0 amide bonds. The number of aliphatic hydroxyl groups is 1. The Bertz CT molecular complexity index is 511. The first-order valence-electron chi connectivity index (χ1n) is 8.01. The predicted octanol–water partition coefficient (Wildman–Crippen LogP) is 3.57. The van der Waals surface area contributed by atoms with Crippen molar-refractivity contribution in [3.8, 4) is 11.5 Å². The molecule has 1 aliphatic heterocycles. The summed E-state index contributed by atoms with van der Waals surface area (Å²) in [7, 11) is 0. The van der Waals surface area contributed by atoms with Gasteiger partial charge in [-0.05, 0) is 44.6 Å². The third-order valence-electron chi connectivity index (χ3n) is 4.68. The fourth-order valence-electron chi connectivity index (χ4n) is 3.81. The van der Waals surface area contributed by atoms with Gasteiger partial charge in [0.1, 0.15) is 11.7 Å². The third-order valence-corrected chi connectivity index (χ3v) is 4.68. The molecule has 1 aliphatic carbocycles. The molecule has 1 saturated carbocycles. The maximum Gasteiger partial charge on any atom is 0.165 e. The lowest BCUT2D eigenvalue weighted by Crippen LogP contribution is -2.43. The molecule has 1 aromatic carbocycles. The van der Waals surface area contributed by atoms with Gasteiger partial charge in [-0.15, -0.1) is 0 Å². The standard InChI is InChI=1S/C18H26O3/c1-11-8-12(2)16(14(19)9-11)20-15-7-5-6-13-10-18(3,4)21-17(13)15/h5-7,11-12,14,16,19H,8-10H2,1-4H3. The van der Waals surface area contributed by atoms with Gasteiger partial charge < -0.3 is 14.6 Å². The summed E-state index contributed by atoms with van der Waals surface area (Å²) in [5.41, 5.74) is 1.02. The van der Waals surface area contributed by atoms with Gasteiger partial charge in [-0.1, -0.05) is 26.0 Å². The van der Waals surface area contributed by atoms with Crippen LogP contribution >= 0.6 is 0 Å². The number of ether oxygens (including phenoxy) is 2. The van der Waals surface area contributed by atoms with Crippen molar-refractivity contribution in [2.75, 3.05) is 0 Å². The Morgan fingerprint density at radius 3 is 2.71 bits per heavy atom. The van der Waals surface area contributed by atoms with Crippen molar-refractivity contribution >= 4 is 0 Å². The first-order valence-corrected chi connectivity index (χ1v) is 8.01. The Morgan fingerprint density at radius 1 is 1.24 bits per heavy atom. The maximum atomic E-state index is 10.4. The average Bonchev–Trinajstić information content (AvgIpc) is 2.68. The summed E-state index contributed by atoms with van der Waals surface area (Å²) in [5, 5.41) is 10.4. The molecule has 0 saturated heterocycles. The van der Waals surface area contributed by atoms with E-state index in [1.54, 1.807) is 0 Å². The van der Waals surface area contributed by atoms with Gasteiger partial charge in [-0.3, -0.25) is 0 Å². The van der Waals surface area contributed by atoms with Crippen LogP contribution in [0, 0.1) is 11.8 Å². The van der Waals surface area contributed by atoms with E-state index in [0.29, 0.717) is 11.8 Å². The molecule has 0 radical (unpaired) electrons. The van der Waals surface area contributed by atoms with Crippen LogP contribution in [-0.2, 0) is 6.42 Å². The monoisotopic (exact) mass is 290 g/mol. The van der Waals surface area contributed by atoms with Crippen LogP contribution in [0.1, 0.15) is 46.1 Å². The highest BCUT2D eigenvalue weighted by atomic mass is 16.5. The van der Waals surface area contributed by atoms with Crippen LogP contribution in [0.15, 0.2) is 18.2 Å². The van der Waals surface area contributed by atoms with Crippen molar-refractivity contribution in [3.05, 3.63) is 23.8 Å². The molecule has 1 heterocycles. The molecule has 3 heteroatoms. The molecular formula is C18H26O3. The SMILES string of the molecule is CC1CC(C)C(Oc2cccc3c2OC(C)(C)C3)C(O)C1. The third kappa shape index (κ3) is 2.89. The fourth-order valence-corrected chi connectivity index (χ4v) is 3.81. The number of hydrogen-bond acceptors (Lipinski definition) is 3. The van der Waals surface area contributed by atoms with Crippen LogP contribution in [0.3, 0.4) is 0 Å². The Morgan fingerprint density at radius 2 is 2.00 bits per heavy atom. The lowest BCUT2D eigenvalue weighted by molar-refractivity contribution is -0.0404. The normalized spacial score (nSPS) is 34.1. The Labute approximate surface area is 127 Å². The number of benzene rings is 1. The van der Waals surface area contributed by atoms with Crippen LogP contribution in [0.4, 0.5) is 0 Å². The Kier molecular flexibility index (Phi) is 3.64. The summed E-state index contributed by atoms with van der Waals surface area (Å²) >= 11 is 0. The maximum absolute atomic E-state index is 10.4. The Hall–Kier alpha value is -1.22. The molecule has 4 atom stereocenters. The highest BCUT2D eigenvalue weighted by molar-refractivity contribution is 5.50. The van der Waals surface area contributed by atoms with Crippen LogP contribution in [-0.4, -0.2) is 22.9 Å². The quantitative estimate of drug-likeness (QED) is 0.905. The molecule has 1 fully saturated rings. The lowest BCUT2D eigenvalue weighted by Gasteiger charge is -2.37. The van der Waals surface area contributed by atoms with Crippen molar-refractivity contribution in [3.63, 3.8) is 0 Å². The number of hydrogen-bond donors (Lipinski definition) is 1. The smallest absolute Gasteiger partial charge is 0.165 e. The van der Waals surface area contributed by atoms with E-state index >= 15 is 0 Å². The topological polar surface area (TPSA) is 38.7 Å². The zero-order valence-corrected chi connectivity index (χ0v) is 13.4. The van der Waals surface area contributed by atoms with Crippen molar-refractivity contribution in [2.24, 2.45) is 11.8 Å². The van der Waals surface area contributed by atoms with Gasteiger partial charge >= 0.3 is 0 Å². The highest BCUT2D eigenvalue weighted by Gasteiger charge is 2.37. The van der Waals surface area contributed by atoms with Gasteiger partial charge in [0.25, 0.3) is 0 Å². The molecular weight excluding hydrogens is 264 g/mol. The second-order valence-corrected chi connectivity index (χ2v) is 7.49. The first kappa shape index (κ1) is 14.7. The summed E-state index contributed by atoms with van der Waals surface area (Å²) in [4.78, 5) is 0. The molecule has 1 N–H and O–H groups in total. The molecule has 2 aliphatic rings. The molecule has 0 spiro atoms. The summed E-state index contributed by atoms with van der Waals surface area (Å²) in [6, 6.07) is 6.07. The van der Waals surface area contributed by atoms with Gasteiger partial charge in [0.05, 0.1) is 6.10 Å². The lowest BCUT2D eigenvalue weighted by atomic mass is 9.79. The summed E-state index contributed by atoms with van der Waals surface area (Å²) in [6.07, 6.45) is 2.28. The van der Waals surface area contributed by atoms with Crippen LogP contribution in [0.5, 0.6) is 11.5 Å². The molecule has 116 valence electrons. The van der Waals surface area contributed by atoms with Gasteiger partial charge in [-0.25, -0.2) is 0 Å². The van der Waals surface area contributed by atoms with Gasteiger partial charge in [0.15, 0.2) is 11.5 Å². The number of rotatable bonds is 2. The van der Waals surface area contributed by atoms with Crippen LogP contribution in [0.25, 0.3) is 0 Å². The van der Waals surface area contributed by atoms with Gasteiger partial charge in [0.2, 0.25) is 0 Å². The highest BCUT2D eigenvalue weighted by Crippen LogP contribution is 2.43. The summed E-state index contributed by atoms with van der Waals surface area (Å²) < 4.78 is 12.2. The van der Waals surface area contributed by atoms with E-state index in [1.165, 1.54) is 5.56 Å². The molecule has 3 nitrogen and oxygen atoms in total. The zero-order valence-electron chi connectivity index (χ0n) is 13.4. The van der Waals surface area contributed by atoms with Gasteiger partial charge in [-0.2, -0.15) is 0 Å². The van der Waals surface area contributed by atoms with Crippen molar-refractivity contribution in [1.29, 1.82) is 0 Å². The van der Waals surface area contributed by atoms with E-state index in [1.807, 2.05) is 12.1 Å². The molecule has 0 aromatic heterocycles. The number of para-hydroxylation sites is 1.